The summed E-state index contributed by atoms with van der Waals surface area (Å²) < 4.78 is 5.21. The van der Waals surface area contributed by atoms with Crippen LogP contribution in [0.5, 0.6) is 5.75 Å². The van der Waals surface area contributed by atoms with E-state index in [0.717, 1.165) is 23.3 Å². The second kappa shape index (κ2) is 9.12. The van der Waals surface area contributed by atoms with Crippen molar-refractivity contribution in [3.05, 3.63) is 65.7 Å². The maximum absolute atomic E-state index is 12.9. The van der Waals surface area contributed by atoms with E-state index in [2.05, 4.69) is 6.92 Å². The van der Waals surface area contributed by atoms with Crippen LogP contribution in [0.25, 0.3) is 0 Å². The summed E-state index contributed by atoms with van der Waals surface area (Å²) in [6, 6.07) is 17.3. The number of nitrogens with zero attached hydrogens (tertiary/aromatic N) is 1. The molecule has 2 aromatic rings. The smallest absolute Gasteiger partial charge is 0.314 e. The van der Waals surface area contributed by atoms with E-state index in [1.165, 1.54) is 0 Å². The van der Waals surface area contributed by atoms with Crippen molar-refractivity contribution in [3.63, 3.8) is 0 Å². The lowest BCUT2D eigenvalue weighted by Crippen LogP contribution is -2.49. The molecule has 1 saturated heterocycles. The Morgan fingerprint density at radius 3 is 2.21 bits per heavy atom. The van der Waals surface area contributed by atoms with Gasteiger partial charge in [0.1, 0.15) is 5.75 Å². The van der Waals surface area contributed by atoms with Crippen molar-refractivity contribution in [2.75, 3.05) is 20.2 Å². The van der Waals surface area contributed by atoms with Gasteiger partial charge in [-0.2, -0.15) is 0 Å². The summed E-state index contributed by atoms with van der Waals surface area (Å²) in [5.41, 5.74) is 1.05. The number of carboxylic acid groups (broad SMARTS) is 1. The Bertz CT molecular complexity index is 824. The van der Waals surface area contributed by atoms with E-state index in [1.807, 2.05) is 59.5 Å². The molecule has 0 radical (unpaired) electrons. The summed E-state index contributed by atoms with van der Waals surface area (Å²) in [6.07, 6.45) is 2.19. The molecule has 2 aromatic carbocycles. The van der Waals surface area contributed by atoms with Crippen molar-refractivity contribution >= 4 is 11.9 Å². The number of methoxy groups -OCH3 is 1. The molecule has 1 N–H and O–H groups in total. The number of carbonyl (C=O) groups is 2. The number of hydrogen-bond donors (Lipinski definition) is 1. The predicted molar refractivity (Wildman–Crippen MR) is 112 cm³/mol. The molecule has 1 atom stereocenters. The van der Waals surface area contributed by atoms with Crippen molar-refractivity contribution in [3.8, 4) is 5.75 Å². The minimum absolute atomic E-state index is 0.0970. The van der Waals surface area contributed by atoms with Crippen LogP contribution < -0.4 is 4.74 Å². The van der Waals surface area contributed by atoms with Gasteiger partial charge in [0.15, 0.2) is 0 Å². The third-order valence-electron chi connectivity index (χ3n) is 6.21. The monoisotopic (exact) mass is 395 g/mol. The zero-order valence-electron chi connectivity index (χ0n) is 17.1. The lowest BCUT2D eigenvalue weighted by molar-refractivity contribution is -0.148. The van der Waals surface area contributed by atoms with Gasteiger partial charge in [0, 0.05) is 19.5 Å². The number of benzene rings is 2. The van der Waals surface area contributed by atoms with Gasteiger partial charge in [0.25, 0.3) is 0 Å². The predicted octanol–water partition coefficient (Wildman–Crippen LogP) is 4.22. The molecule has 0 saturated carbocycles. The largest absolute Gasteiger partial charge is 0.497 e. The molecule has 3 rings (SSSR count). The van der Waals surface area contributed by atoms with Crippen molar-refractivity contribution in [1.82, 2.24) is 4.90 Å². The number of carboxylic acids is 1. The SMILES string of the molecule is CCC(CC(=O)N1CCC(C(=O)O)(c2ccccc2)CC1)c1ccc(OC)cc1. The highest BCUT2D eigenvalue weighted by atomic mass is 16.5. The molecule has 1 unspecified atom stereocenters. The number of aliphatic carboxylic acids is 1. The van der Waals surface area contributed by atoms with Crippen LogP contribution in [-0.4, -0.2) is 42.1 Å². The Labute approximate surface area is 172 Å². The molecule has 29 heavy (non-hydrogen) atoms. The second-order valence-corrected chi connectivity index (χ2v) is 7.72. The van der Waals surface area contributed by atoms with E-state index in [0.29, 0.717) is 32.4 Å². The fraction of sp³-hybridized carbons (Fsp3) is 0.417. The molecule has 1 heterocycles. The van der Waals surface area contributed by atoms with Crippen LogP contribution in [0.15, 0.2) is 54.6 Å². The fourth-order valence-corrected chi connectivity index (χ4v) is 4.23. The topological polar surface area (TPSA) is 66.8 Å². The van der Waals surface area contributed by atoms with Crippen LogP contribution in [0, 0.1) is 0 Å². The minimum atomic E-state index is -0.905. The molecule has 5 nitrogen and oxygen atoms in total. The number of amides is 1. The highest BCUT2D eigenvalue weighted by molar-refractivity contribution is 5.83. The molecule has 1 amide bonds. The van der Waals surface area contributed by atoms with Crippen LogP contribution in [0.2, 0.25) is 0 Å². The quantitative estimate of drug-likeness (QED) is 0.762. The molecule has 1 aliphatic heterocycles. The fourth-order valence-electron chi connectivity index (χ4n) is 4.23. The highest BCUT2D eigenvalue weighted by Gasteiger charge is 2.43. The Morgan fingerprint density at radius 2 is 1.69 bits per heavy atom. The zero-order valence-corrected chi connectivity index (χ0v) is 17.1. The summed E-state index contributed by atoms with van der Waals surface area (Å²) in [5.74, 6) is 0.241. The summed E-state index contributed by atoms with van der Waals surface area (Å²) in [5, 5.41) is 9.93. The maximum Gasteiger partial charge on any atom is 0.314 e. The van der Waals surface area contributed by atoms with Crippen molar-refractivity contribution < 1.29 is 19.4 Å². The van der Waals surface area contributed by atoms with Crippen LogP contribution >= 0.6 is 0 Å². The molecular weight excluding hydrogens is 366 g/mol. The second-order valence-electron chi connectivity index (χ2n) is 7.72. The van der Waals surface area contributed by atoms with Crippen molar-refractivity contribution in [2.45, 2.75) is 43.9 Å². The summed E-state index contributed by atoms with van der Waals surface area (Å²) in [7, 11) is 1.64. The maximum atomic E-state index is 12.9. The van der Waals surface area contributed by atoms with Gasteiger partial charge >= 0.3 is 5.97 Å². The number of rotatable bonds is 7. The summed E-state index contributed by atoms with van der Waals surface area (Å²) in [6.45, 7) is 3.03. The number of carbonyl (C=O) groups excluding carboxylic acids is 1. The van der Waals surface area contributed by atoms with Gasteiger partial charge in [-0.1, -0.05) is 49.4 Å². The van der Waals surface area contributed by atoms with Crippen molar-refractivity contribution in [1.29, 1.82) is 0 Å². The van der Waals surface area contributed by atoms with Gasteiger partial charge in [0.05, 0.1) is 12.5 Å². The first-order chi connectivity index (χ1) is 14.0. The number of hydrogen-bond acceptors (Lipinski definition) is 3. The lowest BCUT2D eigenvalue weighted by atomic mass is 9.72. The van der Waals surface area contributed by atoms with E-state index in [9.17, 15) is 14.7 Å². The molecule has 1 fully saturated rings. The average Bonchev–Trinajstić information content (AvgIpc) is 2.78. The molecule has 154 valence electrons. The van der Waals surface area contributed by atoms with Crippen LogP contribution in [-0.2, 0) is 15.0 Å². The Hall–Kier alpha value is -2.82. The first-order valence-corrected chi connectivity index (χ1v) is 10.2. The Balaban J connectivity index is 1.66. The molecule has 0 bridgehead atoms. The molecule has 0 aromatic heterocycles. The lowest BCUT2D eigenvalue weighted by Gasteiger charge is -2.39. The average molecular weight is 395 g/mol. The third kappa shape index (κ3) is 4.44. The van der Waals surface area contributed by atoms with E-state index in [1.54, 1.807) is 7.11 Å². The Kier molecular flexibility index (Phi) is 6.57. The van der Waals surface area contributed by atoms with Gasteiger partial charge in [-0.05, 0) is 48.4 Å². The number of ether oxygens (including phenoxy) is 1. The Morgan fingerprint density at radius 1 is 1.07 bits per heavy atom. The van der Waals surface area contributed by atoms with Crippen LogP contribution in [0.3, 0.4) is 0 Å². The summed E-state index contributed by atoms with van der Waals surface area (Å²) in [4.78, 5) is 26.9. The minimum Gasteiger partial charge on any atom is -0.497 e. The first kappa shape index (κ1) is 20.9. The van der Waals surface area contributed by atoms with Crippen molar-refractivity contribution in [2.24, 2.45) is 0 Å². The first-order valence-electron chi connectivity index (χ1n) is 10.2. The molecule has 5 heteroatoms. The molecule has 1 aliphatic rings. The molecule has 0 spiro atoms. The van der Waals surface area contributed by atoms with E-state index in [4.69, 9.17) is 4.74 Å². The van der Waals surface area contributed by atoms with E-state index in [-0.39, 0.29) is 11.8 Å². The van der Waals surface area contributed by atoms with Gasteiger partial charge in [-0.3, -0.25) is 9.59 Å². The zero-order chi connectivity index (χ0) is 20.9. The molecule has 0 aliphatic carbocycles. The third-order valence-corrected chi connectivity index (χ3v) is 6.21. The standard InChI is InChI=1S/C24H29NO4/c1-3-18(19-9-11-21(29-2)12-10-19)17-22(26)25-15-13-24(14-16-25,23(27)28)20-7-5-4-6-8-20/h4-12,18H,3,13-17H2,1-2H3,(H,27,28). The van der Waals surface area contributed by atoms with Gasteiger partial charge < -0.3 is 14.7 Å². The van der Waals surface area contributed by atoms with E-state index < -0.39 is 11.4 Å². The molecular formula is C24H29NO4. The van der Waals surface area contributed by atoms with Crippen LogP contribution in [0.4, 0.5) is 0 Å². The van der Waals surface area contributed by atoms with Gasteiger partial charge in [-0.25, -0.2) is 0 Å². The number of piperidine rings is 1. The normalized spacial score (nSPS) is 16.8. The van der Waals surface area contributed by atoms with Gasteiger partial charge in [0.2, 0.25) is 5.91 Å². The van der Waals surface area contributed by atoms with Crippen LogP contribution in [0.1, 0.15) is 49.7 Å². The highest BCUT2D eigenvalue weighted by Crippen LogP contribution is 2.36. The van der Waals surface area contributed by atoms with Gasteiger partial charge in [-0.15, -0.1) is 0 Å². The number of likely N-dealkylation sites (tertiary alicyclic amines) is 1. The van der Waals surface area contributed by atoms with E-state index >= 15 is 0 Å². The summed E-state index contributed by atoms with van der Waals surface area (Å²) >= 11 is 0.